The van der Waals surface area contributed by atoms with Crippen molar-refractivity contribution in [3.05, 3.63) is 42.2 Å². The first kappa shape index (κ1) is 12.3. The van der Waals surface area contributed by atoms with Crippen molar-refractivity contribution in [2.75, 3.05) is 5.73 Å². The van der Waals surface area contributed by atoms with Gasteiger partial charge in [0.25, 0.3) is 0 Å². The molecule has 7 heteroatoms. The van der Waals surface area contributed by atoms with Gasteiger partial charge in [-0.3, -0.25) is 9.67 Å². The minimum absolute atomic E-state index is 0.432. The summed E-state index contributed by atoms with van der Waals surface area (Å²) in [4.78, 5) is 3.81. The number of aryl methyl sites for hydroxylation is 1. The topological polar surface area (TPSA) is 74.5 Å². The molecule has 0 aliphatic rings. The molecule has 0 bridgehead atoms. The van der Waals surface area contributed by atoms with E-state index < -0.39 is 5.82 Å². The van der Waals surface area contributed by atoms with Gasteiger partial charge in [-0.15, -0.1) is 0 Å². The van der Waals surface area contributed by atoms with Gasteiger partial charge in [0.05, 0.1) is 24.3 Å². The second kappa shape index (κ2) is 4.44. The van der Waals surface area contributed by atoms with E-state index in [4.69, 9.17) is 5.73 Å². The maximum Gasteiger partial charge on any atom is 0.143 e. The molecular formula is C13H13FN6. The molecule has 102 valence electrons. The highest BCUT2D eigenvalue weighted by molar-refractivity contribution is 5.68. The average molecular weight is 272 g/mol. The maximum atomic E-state index is 13.3. The number of hydrogen-bond donors (Lipinski definition) is 1. The van der Waals surface area contributed by atoms with Crippen LogP contribution >= 0.6 is 0 Å². The Bertz CT molecular complexity index is 773. The van der Waals surface area contributed by atoms with Crippen molar-refractivity contribution in [2.45, 2.75) is 6.92 Å². The fraction of sp³-hybridized carbons (Fsp3) is 0.154. The van der Waals surface area contributed by atoms with Gasteiger partial charge in [0.1, 0.15) is 17.3 Å². The Balaban J connectivity index is 2.15. The zero-order chi connectivity index (χ0) is 14.3. The molecule has 20 heavy (non-hydrogen) atoms. The minimum atomic E-state index is -0.432. The predicted octanol–water partition coefficient (Wildman–Crippen LogP) is 1.70. The number of halogens is 1. The summed E-state index contributed by atoms with van der Waals surface area (Å²) in [6.45, 7) is 1.87. The molecule has 2 N–H and O–H groups in total. The Kier molecular flexibility index (Phi) is 2.74. The third-order valence-electron chi connectivity index (χ3n) is 3.08. The number of pyridine rings is 1. The van der Waals surface area contributed by atoms with E-state index in [0.29, 0.717) is 11.5 Å². The van der Waals surface area contributed by atoms with Crippen LogP contribution in [0.2, 0.25) is 0 Å². The van der Waals surface area contributed by atoms with Crippen molar-refractivity contribution in [3.63, 3.8) is 0 Å². The predicted molar refractivity (Wildman–Crippen MR) is 72.7 cm³/mol. The average Bonchev–Trinajstić information content (AvgIpc) is 2.96. The fourth-order valence-electron chi connectivity index (χ4n) is 2.04. The monoisotopic (exact) mass is 272 g/mol. The Hall–Kier alpha value is -2.70. The molecule has 0 aromatic carbocycles. The molecule has 0 saturated heterocycles. The Morgan fingerprint density at radius 1 is 1.25 bits per heavy atom. The zero-order valence-electron chi connectivity index (χ0n) is 11.1. The van der Waals surface area contributed by atoms with Crippen LogP contribution in [0.15, 0.2) is 30.9 Å². The highest BCUT2D eigenvalue weighted by Gasteiger charge is 2.16. The normalized spacial score (nSPS) is 10.9. The van der Waals surface area contributed by atoms with Crippen LogP contribution in [-0.2, 0) is 7.05 Å². The van der Waals surface area contributed by atoms with Crippen molar-refractivity contribution >= 4 is 5.82 Å². The van der Waals surface area contributed by atoms with Crippen molar-refractivity contribution in [2.24, 2.45) is 7.05 Å². The molecule has 0 atom stereocenters. The van der Waals surface area contributed by atoms with Crippen LogP contribution in [0.1, 0.15) is 5.56 Å². The molecule has 6 nitrogen and oxygen atoms in total. The van der Waals surface area contributed by atoms with Crippen molar-refractivity contribution in [1.82, 2.24) is 24.5 Å². The largest absolute Gasteiger partial charge is 0.383 e. The van der Waals surface area contributed by atoms with Gasteiger partial charge < -0.3 is 5.73 Å². The lowest BCUT2D eigenvalue weighted by atomic mass is 10.2. The number of nitrogens with two attached hydrogens (primary N) is 1. The van der Waals surface area contributed by atoms with Gasteiger partial charge in [-0.2, -0.15) is 10.2 Å². The summed E-state index contributed by atoms with van der Waals surface area (Å²) in [5.74, 6) is 0.0224. The summed E-state index contributed by atoms with van der Waals surface area (Å²) >= 11 is 0. The number of rotatable bonds is 2. The van der Waals surface area contributed by atoms with Crippen LogP contribution in [-0.4, -0.2) is 24.5 Å². The first-order chi connectivity index (χ1) is 9.56. The summed E-state index contributed by atoms with van der Waals surface area (Å²) < 4.78 is 16.4. The molecule has 3 rings (SSSR count). The molecule has 0 radical (unpaired) electrons. The summed E-state index contributed by atoms with van der Waals surface area (Å²) in [6, 6.07) is 1.34. The minimum Gasteiger partial charge on any atom is -0.383 e. The van der Waals surface area contributed by atoms with E-state index in [0.717, 1.165) is 23.0 Å². The quantitative estimate of drug-likeness (QED) is 0.770. The molecule has 0 fully saturated rings. The van der Waals surface area contributed by atoms with Gasteiger partial charge in [-0.1, -0.05) is 0 Å². The lowest BCUT2D eigenvalue weighted by Gasteiger charge is -2.03. The second-order valence-corrected chi connectivity index (χ2v) is 4.53. The summed E-state index contributed by atoms with van der Waals surface area (Å²) in [7, 11) is 1.83. The van der Waals surface area contributed by atoms with E-state index in [1.54, 1.807) is 10.9 Å². The molecule has 3 aromatic heterocycles. The summed E-state index contributed by atoms with van der Waals surface area (Å²) in [6.07, 6.45) is 6.21. The lowest BCUT2D eigenvalue weighted by molar-refractivity contribution is 0.618. The standard InChI is InChI=1S/C13H13FN6/c1-8-12(9-4-17-19(2)7-9)18-20(13(8)15)11-3-10(14)5-16-6-11/h3-7H,15H2,1-2H3. The number of nitrogens with zero attached hydrogens (tertiary/aromatic N) is 5. The third-order valence-corrected chi connectivity index (χ3v) is 3.08. The third kappa shape index (κ3) is 1.93. The zero-order valence-corrected chi connectivity index (χ0v) is 11.1. The molecule has 0 saturated carbocycles. The maximum absolute atomic E-state index is 13.3. The molecule has 0 aliphatic carbocycles. The summed E-state index contributed by atoms with van der Waals surface area (Å²) in [5.41, 5.74) is 8.94. The Morgan fingerprint density at radius 3 is 2.70 bits per heavy atom. The van der Waals surface area contributed by atoms with Crippen molar-refractivity contribution in [3.8, 4) is 16.9 Å². The molecule has 0 amide bonds. The van der Waals surface area contributed by atoms with E-state index >= 15 is 0 Å². The molecule has 0 aliphatic heterocycles. The van der Waals surface area contributed by atoms with Crippen LogP contribution in [0, 0.1) is 12.7 Å². The highest BCUT2D eigenvalue weighted by atomic mass is 19.1. The Morgan fingerprint density at radius 2 is 2.05 bits per heavy atom. The van der Waals surface area contributed by atoms with Crippen LogP contribution < -0.4 is 5.73 Å². The van der Waals surface area contributed by atoms with Gasteiger partial charge in [0.15, 0.2) is 0 Å². The number of hydrogen-bond acceptors (Lipinski definition) is 4. The molecule has 3 heterocycles. The van der Waals surface area contributed by atoms with E-state index in [2.05, 4.69) is 15.2 Å². The smallest absolute Gasteiger partial charge is 0.143 e. The first-order valence-electron chi connectivity index (χ1n) is 6.01. The number of aromatic nitrogens is 5. The Labute approximate surface area is 114 Å². The van der Waals surface area contributed by atoms with Crippen molar-refractivity contribution in [1.29, 1.82) is 0 Å². The molecular weight excluding hydrogens is 259 g/mol. The van der Waals surface area contributed by atoms with Crippen LogP contribution in [0.3, 0.4) is 0 Å². The summed E-state index contributed by atoms with van der Waals surface area (Å²) in [5, 5.41) is 8.55. The highest BCUT2D eigenvalue weighted by Crippen LogP contribution is 2.27. The van der Waals surface area contributed by atoms with Crippen molar-refractivity contribution < 1.29 is 4.39 Å². The SMILES string of the molecule is Cc1c(-c2cnn(C)c2)nn(-c2cncc(F)c2)c1N. The van der Waals surface area contributed by atoms with Gasteiger partial charge in [0.2, 0.25) is 0 Å². The van der Waals surface area contributed by atoms with Crippen LogP contribution in [0.5, 0.6) is 0 Å². The first-order valence-corrected chi connectivity index (χ1v) is 6.01. The van der Waals surface area contributed by atoms with E-state index in [1.807, 2.05) is 20.2 Å². The van der Waals surface area contributed by atoms with E-state index in [-0.39, 0.29) is 0 Å². The van der Waals surface area contributed by atoms with Crippen LogP contribution in [0.4, 0.5) is 10.2 Å². The number of nitrogen functional groups attached to an aromatic ring is 1. The van der Waals surface area contributed by atoms with Gasteiger partial charge in [-0.05, 0) is 6.92 Å². The van der Waals surface area contributed by atoms with Gasteiger partial charge in [0, 0.05) is 30.4 Å². The van der Waals surface area contributed by atoms with Gasteiger partial charge in [-0.25, -0.2) is 9.07 Å². The molecule has 0 spiro atoms. The molecule has 0 unspecified atom stereocenters. The lowest BCUT2D eigenvalue weighted by Crippen LogP contribution is -2.03. The van der Waals surface area contributed by atoms with Crippen LogP contribution in [0.25, 0.3) is 16.9 Å². The fourth-order valence-corrected chi connectivity index (χ4v) is 2.04. The molecule has 3 aromatic rings. The number of anilines is 1. The van der Waals surface area contributed by atoms with E-state index in [1.165, 1.54) is 16.9 Å². The van der Waals surface area contributed by atoms with E-state index in [9.17, 15) is 4.39 Å². The van der Waals surface area contributed by atoms with Gasteiger partial charge >= 0.3 is 0 Å². The second-order valence-electron chi connectivity index (χ2n) is 4.53.